The molecule has 0 saturated carbocycles. The van der Waals surface area contributed by atoms with Crippen molar-refractivity contribution in [2.24, 2.45) is 0 Å². The van der Waals surface area contributed by atoms with Crippen LogP contribution in [0.5, 0.6) is 0 Å². The van der Waals surface area contributed by atoms with Gasteiger partial charge in [-0.15, -0.1) is 0 Å². The van der Waals surface area contributed by atoms with Crippen molar-refractivity contribution in [3.63, 3.8) is 0 Å². The van der Waals surface area contributed by atoms with Crippen LogP contribution < -0.4 is 0 Å². The van der Waals surface area contributed by atoms with E-state index < -0.39 is 4.92 Å². The number of benzene rings is 1. The number of nitrogens with zero attached hydrogens (tertiary/aromatic N) is 1. The molecule has 1 aromatic carbocycles. The van der Waals surface area contributed by atoms with Crippen molar-refractivity contribution in [3.05, 3.63) is 49.9 Å². The number of halogens is 2. The first-order chi connectivity index (χ1) is 6.50. The monoisotopic (exact) mass is 259 g/mol. The van der Waals surface area contributed by atoms with Crippen molar-refractivity contribution in [2.45, 2.75) is 6.92 Å². The lowest BCUT2D eigenvalue weighted by molar-refractivity contribution is -0.422. The van der Waals surface area contributed by atoms with E-state index in [1.165, 1.54) is 31.2 Å². The molecule has 0 atom stereocenters. The Morgan fingerprint density at radius 2 is 2.29 bits per heavy atom. The van der Waals surface area contributed by atoms with Gasteiger partial charge < -0.3 is 0 Å². The molecule has 0 heterocycles. The second-order valence-electron chi connectivity index (χ2n) is 2.71. The zero-order chi connectivity index (χ0) is 10.7. The molecule has 1 rings (SSSR count). The van der Waals surface area contributed by atoms with Gasteiger partial charge in [-0.1, -0.05) is 22.0 Å². The summed E-state index contributed by atoms with van der Waals surface area (Å²) in [6.07, 6.45) is 1.38. The first-order valence-electron chi connectivity index (χ1n) is 3.78. The Morgan fingerprint density at radius 3 is 2.79 bits per heavy atom. The summed E-state index contributed by atoms with van der Waals surface area (Å²) in [4.78, 5) is 9.84. The molecule has 0 unspecified atom stereocenters. The molecule has 0 radical (unpaired) electrons. The molecule has 0 aromatic heterocycles. The summed E-state index contributed by atoms with van der Waals surface area (Å²) in [6, 6.07) is 4.00. The number of hydrogen-bond donors (Lipinski definition) is 0. The maximum Gasteiger partial charge on any atom is 0.243 e. The van der Waals surface area contributed by atoms with Crippen LogP contribution in [0.4, 0.5) is 4.39 Å². The van der Waals surface area contributed by atoms with Crippen molar-refractivity contribution in [3.8, 4) is 0 Å². The highest BCUT2D eigenvalue weighted by molar-refractivity contribution is 9.10. The molecule has 74 valence electrons. The minimum Gasteiger partial charge on any atom is -0.259 e. The van der Waals surface area contributed by atoms with Gasteiger partial charge in [-0.3, -0.25) is 10.1 Å². The predicted octanol–water partition coefficient (Wildman–Crippen LogP) is 3.23. The second kappa shape index (κ2) is 4.32. The Bertz CT molecular complexity index is 404. The largest absolute Gasteiger partial charge is 0.259 e. The molecule has 5 heteroatoms. The maximum atomic E-state index is 12.7. The molecule has 3 nitrogen and oxygen atoms in total. The summed E-state index contributed by atoms with van der Waals surface area (Å²) in [5.41, 5.74) is 0.595. The van der Waals surface area contributed by atoms with Crippen LogP contribution >= 0.6 is 15.9 Å². The van der Waals surface area contributed by atoms with E-state index in [1.807, 2.05) is 0 Å². The van der Waals surface area contributed by atoms with E-state index in [2.05, 4.69) is 15.9 Å². The summed E-state index contributed by atoms with van der Waals surface area (Å²) < 4.78 is 13.2. The molecule has 0 amide bonds. The molecule has 0 saturated heterocycles. The van der Waals surface area contributed by atoms with Gasteiger partial charge >= 0.3 is 0 Å². The Kier molecular flexibility index (Phi) is 3.35. The zero-order valence-electron chi connectivity index (χ0n) is 7.33. The minimum atomic E-state index is -0.490. The second-order valence-corrected chi connectivity index (χ2v) is 3.56. The van der Waals surface area contributed by atoms with E-state index in [0.717, 1.165) is 0 Å². The fourth-order valence-electron chi connectivity index (χ4n) is 0.896. The molecular formula is C9H7BrFNO2. The lowest BCUT2D eigenvalue weighted by Crippen LogP contribution is -1.93. The highest BCUT2D eigenvalue weighted by atomic mass is 79.9. The van der Waals surface area contributed by atoms with Gasteiger partial charge in [0, 0.05) is 17.5 Å². The maximum absolute atomic E-state index is 12.7. The molecule has 0 spiro atoms. The highest BCUT2D eigenvalue weighted by Crippen LogP contribution is 2.20. The Balaban J connectivity index is 3.09. The molecule has 0 fully saturated rings. The average Bonchev–Trinajstić information content (AvgIpc) is 2.09. The van der Waals surface area contributed by atoms with Crippen molar-refractivity contribution >= 4 is 22.0 Å². The van der Waals surface area contributed by atoms with E-state index >= 15 is 0 Å². The van der Waals surface area contributed by atoms with Crippen molar-refractivity contribution in [2.75, 3.05) is 0 Å². The molecule has 0 bridgehead atoms. The summed E-state index contributed by atoms with van der Waals surface area (Å²) in [6.45, 7) is 1.38. The van der Waals surface area contributed by atoms with Gasteiger partial charge in [0.15, 0.2) is 0 Å². The molecule has 0 aliphatic carbocycles. The molecular weight excluding hydrogens is 253 g/mol. The topological polar surface area (TPSA) is 43.1 Å². The highest BCUT2D eigenvalue weighted by Gasteiger charge is 2.05. The van der Waals surface area contributed by atoms with Crippen LogP contribution in [0.25, 0.3) is 6.08 Å². The lowest BCUT2D eigenvalue weighted by Gasteiger charge is -1.97. The standard InChI is InChI=1S/C9H7BrFNO2/c1-6(12(13)14)4-7-2-3-8(11)5-9(7)10/h2-5H,1H3/b6-4-. The summed E-state index contributed by atoms with van der Waals surface area (Å²) in [5.74, 6) is -0.382. The predicted molar refractivity (Wildman–Crippen MR) is 54.7 cm³/mol. The Morgan fingerprint density at radius 1 is 1.64 bits per heavy atom. The van der Waals surface area contributed by atoms with E-state index in [-0.39, 0.29) is 11.5 Å². The van der Waals surface area contributed by atoms with E-state index in [0.29, 0.717) is 10.0 Å². The van der Waals surface area contributed by atoms with E-state index in [1.54, 1.807) is 0 Å². The van der Waals surface area contributed by atoms with Gasteiger partial charge in [0.25, 0.3) is 0 Å². The molecule has 1 aromatic rings. The third-order valence-electron chi connectivity index (χ3n) is 1.61. The molecule has 0 N–H and O–H groups in total. The summed E-state index contributed by atoms with van der Waals surface area (Å²) >= 11 is 3.12. The Hall–Kier alpha value is -1.23. The molecule has 14 heavy (non-hydrogen) atoms. The SMILES string of the molecule is C/C(=C/c1ccc(F)cc1Br)[N+](=O)[O-]. The molecule has 0 aliphatic heterocycles. The van der Waals surface area contributed by atoms with Gasteiger partial charge in [0.1, 0.15) is 5.82 Å². The van der Waals surface area contributed by atoms with Gasteiger partial charge in [0.05, 0.1) is 4.92 Å². The third kappa shape index (κ3) is 2.63. The van der Waals surface area contributed by atoms with Gasteiger partial charge in [-0.2, -0.15) is 0 Å². The number of nitro groups is 1. The average molecular weight is 260 g/mol. The first kappa shape index (κ1) is 10.8. The zero-order valence-corrected chi connectivity index (χ0v) is 8.92. The normalized spacial score (nSPS) is 11.5. The van der Waals surface area contributed by atoms with E-state index in [4.69, 9.17) is 0 Å². The van der Waals surface area contributed by atoms with Crippen LogP contribution in [0.15, 0.2) is 28.4 Å². The molecule has 0 aliphatic rings. The van der Waals surface area contributed by atoms with Crippen LogP contribution in [0.3, 0.4) is 0 Å². The summed E-state index contributed by atoms with van der Waals surface area (Å²) in [7, 11) is 0. The third-order valence-corrected chi connectivity index (χ3v) is 2.30. The smallest absolute Gasteiger partial charge is 0.243 e. The fraction of sp³-hybridized carbons (Fsp3) is 0.111. The van der Waals surface area contributed by atoms with Gasteiger partial charge in [0.2, 0.25) is 5.70 Å². The fourth-order valence-corrected chi connectivity index (χ4v) is 1.36. The van der Waals surface area contributed by atoms with Crippen LogP contribution in [0.1, 0.15) is 12.5 Å². The Labute approximate surface area is 88.5 Å². The number of hydrogen-bond acceptors (Lipinski definition) is 2. The number of allylic oxidation sites excluding steroid dienone is 1. The quantitative estimate of drug-likeness (QED) is 0.605. The van der Waals surface area contributed by atoms with Crippen molar-refractivity contribution in [1.29, 1.82) is 0 Å². The van der Waals surface area contributed by atoms with Gasteiger partial charge in [-0.25, -0.2) is 4.39 Å². The van der Waals surface area contributed by atoms with Crippen LogP contribution in [0.2, 0.25) is 0 Å². The minimum absolute atomic E-state index is 0.0114. The van der Waals surface area contributed by atoms with Crippen molar-refractivity contribution < 1.29 is 9.31 Å². The van der Waals surface area contributed by atoms with Crippen LogP contribution in [0, 0.1) is 15.9 Å². The van der Waals surface area contributed by atoms with Crippen LogP contribution in [-0.2, 0) is 0 Å². The van der Waals surface area contributed by atoms with Gasteiger partial charge in [-0.05, 0) is 17.7 Å². The van der Waals surface area contributed by atoms with Crippen molar-refractivity contribution in [1.82, 2.24) is 0 Å². The van der Waals surface area contributed by atoms with Crippen LogP contribution in [-0.4, -0.2) is 4.92 Å². The number of rotatable bonds is 2. The first-order valence-corrected chi connectivity index (χ1v) is 4.58. The summed E-state index contributed by atoms with van der Waals surface area (Å²) in [5, 5.41) is 10.3. The van der Waals surface area contributed by atoms with E-state index in [9.17, 15) is 14.5 Å². The lowest BCUT2D eigenvalue weighted by atomic mass is 10.2.